The van der Waals surface area contributed by atoms with Gasteiger partial charge in [-0.2, -0.15) is 0 Å². The van der Waals surface area contributed by atoms with Gasteiger partial charge in [0.15, 0.2) is 0 Å². The first kappa shape index (κ1) is 35.0. The Morgan fingerprint density at radius 1 is 0.675 bits per heavy atom. The molecule has 0 amide bonds. The van der Waals surface area contributed by atoms with E-state index in [2.05, 4.69) is 10.1 Å². The van der Waals surface area contributed by atoms with Crippen molar-refractivity contribution in [1.29, 1.82) is 0 Å². The van der Waals surface area contributed by atoms with Crippen molar-refractivity contribution in [3.63, 3.8) is 0 Å². The average Bonchev–Trinajstić information content (AvgIpc) is 2.94. The molecule has 0 aliphatic heterocycles. The van der Waals surface area contributed by atoms with Crippen LogP contribution in [0.25, 0.3) is 0 Å². The van der Waals surface area contributed by atoms with Gasteiger partial charge < -0.3 is 43.2 Å². The molecule has 40 heavy (non-hydrogen) atoms. The highest BCUT2D eigenvalue weighted by atomic mass is 16.6. The molecule has 16 heteroatoms. The fraction of sp³-hybridized carbons (Fsp3) is 0.708. The van der Waals surface area contributed by atoms with E-state index in [1.807, 2.05) is 0 Å². The molecule has 0 spiro atoms. The summed E-state index contributed by atoms with van der Waals surface area (Å²) in [6.07, 6.45) is 0.226. The predicted molar refractivity (Wildman–Crippen MR) is 141 cm³/mol. The number of non-ortho nitro benzene ring substituents is 1. The first-order chi connectivity index (χ1) is 19.5. The van der Waals surface area contributed by atoms with Crippen molar-refractivity contribution in [1.82, 2.24) is 0 Å². The third kappa shape index (κ3) is 18.3. The van der Waals surface area contributed by atoms with Crippen molar-refractivity contribution in [3.05, 3.63) is 38.4 Å². The van der Waals surface area contributed by atoms with Gasteiger partial charge in [0.1, 0.15) is 5.69 Å². The van der Waals surface area contributed by atoms with Gasteiger partial charge in [0.25, 0.3) is 11.4 Å². The van der Waals surface area contributed by atoms with E-state index in [1.165, 1.54) is 19.2 Å². The lowest BCUT2D eigenvalue weighted by atomic mass is 10.2. The van der Waals surface area contributed by atoms with E-state index >= 15 is 0 Å². The zero-order valence-electron chi connectivity index (χ0n) is 22.7. The fourth-order valence-electron chi connectivity index (χ4n) is 2.87. The lowest BCUT2D eigenvalue weighted by Crippen LogP contribution is -2.15. The van der Waals surface area contributed by atoms with E-state index in [4.69, 9.17) is 33.2 Å². The lowest BCUT2D eigenvalue weighted by Gasteiger charge is -2.09. The molecule has 0 bridgehead atoms. The summed E-state index contributed by atoms with van der Waals surface area (Å²) in [5.41, 5.74) is -0.533. The van der Waals surface area contributed by atoms with E-state index in [0.717, 1.165) is 6.07 Å². The number of anilines is 1. The summed E-state index contributed by atoms with van der Waals surface area (Å²) in [5.74, 6) is -0.304. The second kappa shape index (κ2) is 23.9. The Morgan fingerprint density at radius 2 is 1.10 bits per heavy atom. The molecule has 16 nitrogen and oxygen atoms in total. The minimum Gasteiger partial charge on any atom is -0.469 e. The first-order valence-corrected chi connectivity index (χ1v) is 12.7. The Balaban J connectivity index is 1.81. The maximum Gasteiger partial charge on any atom is 0.307 e. The normalized spacial score (nSPS) is 10.9. The zero-order valence-corrected chi connectivity index (χ0v) is 22.7. The van der Waals surface area contributed by atoms with Crippen LogP contribution >= 0.6 is 0 Å². The third-order valence-electron chi connectivity index (χ3n) is 4.86. The van der Waals surface area contributed by atoms with Gasteiger partial charge in [0.2, 0.25) is 0 Å². The van der Waals surface area contributed by atoms with Crippen LogP contribution in [0.2, 0.25) is 0 Å². The SMILES string of the molecule is COC(=O)CCOCCOCCOCCOCCOCCOCCOCCNc1ccc([N+](=O)[O-])cc1[N+](=O)[O-]. The van der Waals surface area contributed by atoms with Crippen LogP contribution in [-0.4, -0.2) is 122 Å². The lowest BCUT2D eigenvalue weighted by molar-refractivity contribution is -0.393. The number of rotatable bonds is 27. The van der Waals surface area contributed by atoms with Crippen molar-refractivity contribution in [2.75, 3.05) is 111 Å². The fourth-order valence-corrected chi connectivity index (χ4v) is 2.87. The molecular weight excluding hydrogens is 538 g/mol. The summed E-state index contributed by atoms with van der Waals surface area (Å²) in [6.45, 7) is 5.85. The zero-order chi connectivity index (χ0) is 29.3. The van der Waals surface area contributed by atoms with Crippen LogP contribution in [-0.2, 0) is 42.7 Å². The summed E-state index contributed by atoms with van der Waals surface area (Å²) in [5, 5.41) is 24.7. The smallest absolute Gasteiger partial charge is 0.307 e. The number of nitrogens with zero attached hydrogens (tertiary/aromatic N) is 2. The topological polar surface area (TPSA) is 189 Å². The molecule has 0 aliphatic rings. The number of hydrogen-bond donors (Lipinski definition) is 1. The van der Waals surface area contributed by atoms with E-state index in [1.54, 1.807) is 0 Å². The molecule has 0 unspecified atom stereocenters. The summed E-state index contributed by atoms with van der Waals surface area (Å²) in [6, 6.07) is 3.41. The van der Waals surface area contributed by atoms with Gasteiger partial charge in [-0.15, -0.1) is 0 Å². The van der Waals surface area contributed by atoms with Crippen LogP contribution < -0.4 is 5.32 Å². The monoisotopic (exact) mass is 577 g/mol. The molecule has 0 aromatic heterocycles. The minimum absolute atomic E-state index is 0.183. The number of nitrogens with one attached hydrogen (secondary N) is 1. The van der Waals surface area contributed by atoms with E-state index in [-0.39, 0.29) is 42.6 Å². The quantitative estimate of drug-likeness (QED) is 0.0686. The third-order valence-corrected chi connectivity index (χ3v) is 4.86. The maximum atomic E-state index is 11.1. The molecule has 1 N–H and O–H groups in total. The Hall–Kier alpha value is -2.99. The van der Waals surface area contributed by atoms with Gasteiger partial charge in [-0.25, -0.2) is 0 Å². The summed E-state index contributed by atoms with van der Waals surface area (Å²) in [4.78, 5) is 31.4. The largest absolute Gasteiger partial charge is 0.469 e. The van der Waals surface area contributed by atoms with Crippen molar-refractivity contribution < 1.29 is 52.5 Å². The number of ether oxygens (including phenoxy) is 8. The van der Waals surface area contributed by atoms with Crippen molar-refractivity contribution >= 4 is 23.0 Å². The minimum atomic E-state index is -0.685. The van der Waals surface area contributed by atoms with Crippen LogP contribution in [0.3, 0.4) is 0 Å². The molecule has 1 rings (SSSR count). The molecule has 0 heterocycles. The second-order valence-corrected chi connectivity index (χ2v) is 7.76. The average molecular weight is 578 g/mol. The highest BCUT2D eigenvalue weighted by molar-refractivity contribution is 5.69. The molecular formula is C24H39N3O13. The number of carbonyl (C=O) groups excluding carboxylic acids is 1. The summed E-state index contributed by atoms with van der Waals surface area (Å²) < 4.78 is 42.1. The summed E-state index contributed by atoms with van der Waals surface area (Å²) in [7, 11) is 1.34. The molecule has 0 saturated heterocycles. The van der Waals surface area contributed by atoms with Gasteiger partial charge in [-0.1, -0.05) is 0 Å². The molecule has 228 valence electrons. The van der Waals surface area contributed by atoms with Crippen molar-refractivity contribution in [2.45, 2.75) is 6.42 Å². The predicted octanol–water partition coefficient (Wildman–Crippen LogP) is 1.59. The van der Waals surface area contributed by atoms with Crippen LogP contribution in [0.15, 0.2) is 18.2 Å². The van der Waals surface area contributed by atoms with E-state index in [0.29, 0.717) is 85.9 Å². The number of carbonyl (C=O) groups is 1. The van der Waals surface area contributed by atoms with Crippen molar-refractivity contribution in [2.24, 2.45) is 0 Å². The molecule has 0 saturated carbocycles. The van der Waals surface area contributed by atoms with Gasteiger partial charge in [0.05, 0.1) is 122 Å². The Morgan fingerprint density at radius 3 is 1.50 bits per heavy atom. The summed E-state index contributed by atoms with van der Waals surface area (Å²) >= 11 is 0. The Kier molecular flexibility index (Phi) is 20.9. The molecule has 0 fully saturated rings. The van der Waals surface area contributed by atoms with Gasteiger partial charge in [-0.3, -0.25) is 25.0 Å². The number of methoxy groups -OCH3 is 1. The van der Waals surface area contributed by atoms with Gasteiger partial charge in [-0.05, 0) is 6.07 Å². The maximum absolute atomic E-state index is 11.1. The highest BCUT2D eigenvalue weighted by Crippen LogP contribution is 2.28. The Bertz CT molecular complexity index is 844. The van der Waals surface area contributed by atoms with E-state index < -0.39 is 9.85 Å². The molecule has 0 radical (unpaired) electrons. The molecule has 0 aliphatic carbocycles. The number of nitro benzene ring substituents is 2. The van der Waals surface area contributed by atoms with Crippen LogP contribution in [0.5, 0.6) is 0 Å². The number of hydrogen-bond acceptors (Lipinski definition) is 14. The van der Waals surface area contributed by atoms with Gasteiger partial charge >= 0.3 is 5.97 Å². The molecule has 0 atom stereocenters. The van der Waals surface area contributed by atoms with Crippen molar-refractivity contribution in [3.8, 4) is 0 Å². The molecule has 1 aromatic carbocycles. The number of benzene rings is 1. The Labute approximate surface area is 232 Å². The highest BCUT2D eigenvalue weighted by Gasteiger charge is 2.19. The molecule has 1 aromatic rings. The van der Waals surface area contributed by atoms with Crippen LogP contribution in [0.4, 0.5) is 17.1 Å². The number of esters is 1. The van der Waals surface area contributed by atoms with E-state index in [9.17, 15) is 25.0 Å². The number of nitro groups is 2. The standard InChI is InChI=1S/C24H39N3O13/c1-33-24(28)4-6-34-8-10-36-12-14-38-16-18-40-19-17-39-15-13-37-11-9-35-7-5-25-22-3-2-21(26(29)30)20-23(22)27(31)32/h2-3,20,25H,4-19H2,1H3. The first-order valence-electron chi connectivity index (χ1n) is 12.7. The van der Waals surface area contributed by atoms with Crippen LogP contribution in [0.1, 0.15) is 6.42 Å². The van der Waals surface area contributed by atoms with Gasteiger partial charge in [0, 0.05) is 12.6 Å². The van der Waals surface area contributed by atoms with Crippen LogP contribution in [0, 0.1) is 20.2 Å². The second-order valence-electron chi connectivity index (χ2n) is 7.76.